The monoisotopic (exact) mass is 286 g/mol. The molecule has 2 aliphatic rings. The van der Waals surface area contributed by atoms with E-state index in [0.717, 1.165) is 25.2 Å². The molecule has 4 rings (SSSR count). The summed E-state index contributed by atoms with van der Waals surface area (Å²) >= 11 is 6.23. The van der Waals surface area contributed by atoms with Crippen molar-refractivity contribution in [3.8, 4) is 11.5 Å². The predicted octanol–water partition coefficient (Wildman–Crippen LogP) is 2.72. The molecule has 1 saturated carbocycles. The summed E-state index contributed by atoms with van der Waals surface area (Å²) in [4.78, 5) is 13.8. The molecular weight excluding hydrogens is 272 g/mol. The summed E-state index contributed by atoms with van der Waals surface area (Å²) in [5.41, 5.74) is 4.36. The van der Waals surface area contributed by atoms with Crippen LogP contribution < -0.4 is 5.32 Å². The van der Waals surface area contributed by atoms with E-state index in [4.69, 9.17) is 21.6 Å². The van der Waals surface area contributed by atoms with E-state index in [9.17, 15) is 0 Å². The van der Waals surface area contributed by atoms with Gasteiger partial charge in [0.1, 0.15) is 5.69 Å². The van der Waals surface area contributed by atoms with Crippen molar-refractivity contribution in [2.75, 3.05) is 6.54 Å². The van der Waals surface area contributed by atoms with Gasteiger partial charge in [0.15, 0.2) is 5.82 Å². The molecule has 5 heteroatoms. The summed E-state index contributed by atoms with van der Waals surface area (Å²) in [7, 11) is 0. The Morgan fingerprint density at radius 3 is 2.95 bits per heavy atom. The number of hydrogen-bond acceptors (Lipinski definition) is 4. The SMILES string of the molecule is Clc1cccnc1-c1nc2c(c(C3CC3)n1)CNCC2. The molecule has 0 bridgehead atoms. The fraction of sp³-hybridized carbons (Fsp3) is 0.400. The Balaban J connectivity index is 1.88. The maximum Gasteiger partial charge on any atom is 0.180 e. The molecule has 0 atom stereocenters. The molecule has 0 unspecified atom stereocenters. The van der Waals surface area contributed by atoms with E-state index in [2.05, 4.69) is 10.3 Å². The smallest absolute Gasteiger partial charge is 0.180 e. The van der Waals surface area contributed by atoms with Crippen LogP contribution >= 0.6 is 11.6 Å². The molecule has 2 aromatic rings. The number of rotatable bonds is 2. The predicted molar refractivity (Wildman–Crippen MR) is 77.7 cm³/mol. The van der Waals surface area contributed by atoms with E-state index in [-0.39, 0.29) is 0 Å². The van der Waals surface area contributed by atoms with Crippen molar-refractivity contribution in [1.82, 2.24) is 20.3 Å². The summed E-state index contributed by atoms with van der Waals surface area (Å²) < 4.78 is 0. The molecule has 0 radical (unpaired) electrons. The third-order valence-electron chi connectivity index (χ3n) is 3.90. The standard InChI is InChI=1S/C15H15ClN4/c16-11-2-1-6-18-14(11)15-19-12-5-7-17-8-10(12)13(20-15)9-3-4-9/h1-2,6,9,17H,3-5,7-8H2. The average molecular weight is 287 g/mol. The van der Waals surface area contributed by atoms with Crippen LogP contribution in [0.5, 0.6) is 0 Å². The number of pyridine rings is 1. The molecule has 0 spiro atoms. The lowest BCUT2D eigenvalue weighted by Crippen LogP contribution is -2.26. The first-order chi connectivity index (χ1) is 9.83. The summed E-state index contributed by atoms with van der Waals surface area (Å²) in [6.07, 6.45) is 5.16. The highest BCUT2D eigenvalue weighted by Crippen LogP contribution is 2.42. The van der Waals surface area contributed by atoms with E-state index in [0.29, 0.717) is 22.5 Å². The third kappa shape index (κ3) is 2.09. The highest BCUT2D eigenvalue weighted by atomic mass is 35.5. The van der Waals surface area contributed by atoms with Crippen LogP contribution in [0.1, 0.15) is 35.7 Å². The zero-order valence-electron chi connectivity index (χ0n) is 11.1. The van der Waals surface area contributed by atoms with Crippen LogP contribution in [0, 0.1) is 0 Å². The van der Waals surface area contributed by atoms with Crippen LogP contribution in [-0.4, -0.2) is 21.5 Å². The van der Waals surface area contributed by atoms with Gasteiger partial charge in [-0.15, -0.1) is 0 Å². The van der Waals surface area contributed by atoms with Crippen molar-refractivity contribution >= 4 is 11.6 Å². The lowest BCUT2D eigenvalue weighted by molar-refractivity contribution is 0.617. The fourth-order valence-corrected chi connectivity index (χ4v) is 2.93. The molecule has 0 saturated heterocycles. The zero-order valence-corrected chi connectivity index (χ0v) is 11.8. The molecule has 0 aromatic carbocycles. The maximum atomic E-state index is 6.23. The van der Waals surface area contributed by atoms with Crippen molar-refractivity contribution in [2.45, 2.75) is 31.7 Å². The fourth-order valence-electron chi connectivity index (χ4n) is 2.72. The van der Waals surface area contributed by atoms with E-state index in [1.165, 1.54) is 24.1 Å². The van der Waals surface area contributed by atoms with Gasteiger partial charge in [-0.25, -0.2) is 9.97 Å². The number of aromatic nitrogens is 3. The first-order valence-electron chi connectivity index (χ1n) is 7.04. The number of nitrogens with zero attached hydrogens (tertiary/aromatic N) is 3. The molecule has 4 nitrogen and oxygen atoms in total. The van der Waals surface area contributed by atoms with Gasteiger partial charge in [-0.1, -0.05) is 11.6 Å². The van der Waals surface area contributed by atoms with E-state index >= 15 is 0 Å². The molecule has 1 aliphatic carbocycles. The molecule has 0 amide bonds. The van der Waals surface area contributed by atoms with Crippen LogP contribution in [0.4, 0.5) is 0 Å². The molecule has 1 aliphatic heterocycles. The van der Waals surface area contributed by atoms with Crippen LogP contribution in [0.25, 0.3) is 11.5 Å². The van der Waals surface area contributed by atoms with Gasteiger partial charge in [0, 0.05) is 37.2 Å². The second-order valence-electron chi connectivity index (χ2n) is 5.39. The van der Waals surface area contributed by atoms with E-state index < -0.39 is 0 Å². The Kier molecular flexibility index (Phi) is 2.93. The van der Waals surface area contributed by atoms with Crippen LogP contribution in [0.2, 0.25) is 5.02 Å². The van der Waals surface area contributed by atoms with Gasteiger partial charge < -0.3 is 5.32 Å². The highest BCUT2D eigenvalue weighted by molar-refractivity contribution is 6.32. The molecule has 1 N–H and O–H groups in total. The van der Waals surface area contributed by atoms with Gasteiger partial charge in [-0.2, -0.15) is 0 Å². The lowest BCUT2D eigenvalue weighted by Gasteiger charge is -2.20. The van der Waals surface area contributed by atoms with Crippen LogP contribution in [0.3, 0.4) is 0 Å². The van der Waals surface area contributed by atoms with Crippen molar-refractivity contribution in [3.05, 3.63) is 40.3 Å². The van der Waals surface area contributed by atoms with E-state index in [1.54, 1.807) is 6.20 Å². The molecule has 2 aromatic heterocycles. The van der Waals surface area contributed by atoms with Crippen LogP contribution in [0.15, 0.2) is 18.3 Å². The normalized spacial score (nSPS) is 17.9. The summed E-state index contributed by atoms with van der Waals surface area (Å²) in [6.45, 7) is 1.86. The largest absolute Gasteiger partial charge is 0.312 e. The van der Waals surface area contributed by atoms with Crippen molar-refractivity contribution in [3.63, 3.8) is 0 Å². The number of halogens is 1. The van der Waals surface area contributed by atoms with Crippen molar-refractivity contribution in [1.29, 1.82) is 0 Å². The lowest BCUT2D eigenvalue weighted by atomic mass is 10.0. The Hall–Kier alpha value is -1.52. The Labute approximate surface area is 122 Å². The van der Waals surface area contributed by atoms with Gasteiger partial charge in [0.25, 0.3) is 0 Å². The Morgan fingerprint density at radius 1 is 1.25 bits per heavy atom. The molecule has 20 heavy (non-hydrogen) atoms. The Bertz CT molecular complexity index is 667. The third-order valence-corrected chi connectivity index (χ3v) is 4.20. The minimum Gasteiger partial charge on any atom is -0.312 e. The molecular formula is C15H15ClN4. The minimum absolute atomic E-state index is 0.605. The summed E-state index contributed by atoms with van der Waals surface area (Å²) in [6, 6.07) is 3.67. The highest BCUT2D eigenvalue weighted by Gasteiger charge is 2.31. The first kappa shape index (κ1) is 12.2. The molecule has 1 fully saturated rings. The van der Waals surface area contributed by atoms with Gasteiger partial charge in [0.2, 0.25) is 0 Å². The summed E-state index contributed by atoms with van der Waals surface area (Å²) in [5, 5.41) is 4.03. The quantitative estimate of drug-likeness (QED) is 0.922. The second kappa shape index (κ2) is 4.79. The first-order valence-corrected chi connectivity index (χ1v) is 7.42. The van der Waals surface area contributed by atoms with Crippen molar-refractivity contribution in [2.24, 2.45) is 0 Å². The van der Waals surface area contributed by atoms with Crippen molar-refractivity contribution < 1.29 is 0 Å². The summed E-state index contributed by atoms with van der Waals surface area (Å²) in [5.74, 6) is 1.28. The van der Waals surface area contributed by atoms with Gasteiger partial charge in [-0.05, 0) is 25.0 Å². The molecule has 102 valence electrons. The van der Waals surface area contributed by atoms with Gasteiger partial charge in [-0.3, -0.25) is 4.98 Å². The average Bonchev–Trinajstić information content (AvgIpc) is 3.31. The maximum absolute atomic E-state index is 6.23. The van der Waals surface area contributed by atoms with Gasteiger partial charge >= 0.3 is 0 Å². The number of hydrogen-bond donors (Lipinski definition) is 1. The van der Waals surface area contributed by atoms with E-state index in [1.807, 2.05) is 12.1 Å². The number of fused-ring (bicyclic) bond motifs is 1. The van der Waals surface area contributed by atoms with Gasteiger partial charge in [0.05, 0.1) is 16.4 Å². The molecule has 3 heterocycles. The Morgan fingerprint density at radius 2 is 2.15 bits per heavy atom. The minimum atomic E-state index is 0.605. The van der Waals surface area contributed by atoms with Crippen LogP contribution in [-0.2, 0) is 13.0 Å². The zero-order chi connectivity index (χ0) is 13.5. The number of nitrogens with one attached hydrogen (secondary N) is 1. The second-order valence-corrected chi connectivity index (χ2v) is 5.80. The topological polar surface area (TPSA) is 50.7 Å².